The summed E-state index contributed by atoms with van der Waals surface area (Å²) in [4.78, 5) is 33.4. The van der Waals surface area contributed by atoms with E-state index in [1.165, 1.54) is 19.1 Å². The molecule has 3 aromatic carbocycles. The van der Waals surface area contributed by atoms with Crippen LogP contribution in [-0.4, -0.2) is 78.4 Å². The molecule has 4 N–H and O–H groups in total. The Kier molecular flexibility index (Phi) is 7.34. The van der Waals surface area contributed by atoms with Gasteiger partial charge in [-0.25, -0.2) is 9.18 Å². The Morgan fingerprint density at radius 1 is 1.11 bits per heavy atom. The summed E-state index contributed by atoms with van der Waals surface area (Å²) in [6, 6.07) is 5.59. The number of aromatic amines is 1. The first-order chi connectivity index (χ1) is 25.6. The maximum absolute atomic E-state index is 14.7. The molecule has 14 heteroatoms. The van der Waals surface area contributed by atoms with Gasteiger partial charge in [-0.2, -0.15) is 0 Å². The molecule has 4 aromatic rings. The second-order valence-electron chi connectivity index (χ2n) is 14.9. The van der Waals surface area contributed by atoms with Crippen molar-refractivity contribution in [1.82, 2.24) is 20.5 Å². The smallest absolute Gasteiger partial charge is 0.333 e. The molecule has 1 aromatic heterocycles. The summed E-state index contributed by atoms with van der Waals surface area (Å²) in [5.41, 5.74) is 5.91. The van der Waals surface area contributed by atoms with E-state index in [2.05, 4.69) is 26.6 Å². The molecule has 0 radical (unpaired) electrons. The molecular formula is C39H39FN4O8S. The molecule has 4 bridgehead atoms. The van der Waals surface area contributed by atoms with Crippen molar-refractivity contribution in [3.05, 3.63) is 74.7 Å². The van der Waals surface area contributed by atoms with Gasteiger partial charge in [0.05, 0.1) is 30.1 Å². The third-order valence-corrected chi connectivity index (χ3v) is 13.5. The van der Waals surface area contributed by atoms with Crippen LogP contribution in [0.25, 0.3) is 10.9 Å². The fourth-order valence-electron chi connectivity index (χ4n) is 10.0. The first-order valence-electron chi connectivity index (χ1n) is 18.0. The predicted molar refractivity (Wildman–Crippen MR) is 192 cm³/mol. The minimum absolute atomic E-state index is 0.00384. The van der Waals surface area contributed by atoms with Crippen LogP contribution in [0.15, 0.2) is 24.3 Å². The standard InChI is InChI=1S/C39H39FN4O8S/c1-16-9-19-10-21-12-44-25-13-49-38(47)39(37-22(7-8-41-39)23-11-20(40)5-6-24(23)43-37)14-53-36(30(44)29(42-21)26(19)31(46)32(16)48-4)28-27(25)35-34(50-15-51-35)17(2)33(28)52-18(3)45/h5-6,9,11,21,25,29-30,36,41-43,46H,7-8,10,12-15H2,1-4H3/t21-,25-,29+,30?,36+,39+/m0/s1. The highest BCUT2D eigenvalue weighted by atomic mass is 32.2. The van der Waals surface area contributed by atoms with Crippen LogP contribution in [0.5, 0.6) is 28.7 Å². The van der Waals surface area contributed by atoms with Crippen LogP contribution in [0, 0.1) is 19.7 Å². The Bertz CT molecular complexity index is 2280. The highest BCUT2D eigenvalue weighted by Gasteiger charge is 2.58. The van der Waals surface area contributed by atoms with E-state index in [0.29, 0.717) is 60.2 Å². The van der Waals surface area contributed by atoms with Gasteiger partial charge in [-0.05, 0) is 61.6 Å². The number of hydrogen-bond acceptors (Lipinski definition) is 12. The fraction of sp³-hybridized carbons (Fsp3) is 0.436. The highest BCUT2D eigenvalue weighted by molar-refractivity contribution is 7.99. The van der Waals surface area contributed by atoms with Crippen LogP contribution in [0.2, 0.25) is 0 Å². The van der Waals surface area contributed by atoms with Crippen molar-refractivity contribution in [2.75, 3.05) is 39.4 Å². The Morgan fingerprint density at radius 2 is 1.94 bits per heavy atom. The molecule has 0 aliphatic carbocycles. The van der Waals surface area contributed by atoms with Gasteiger partial charge in [0, 0.05) is 71.0 Å². The SMILES string of the molecule is COc1c(C)cc2c(c1O)[C@H]1N[C@@H](C2)CN2C1[C@@H]1SC[C@]3(NCCc4c3[nH]c3ccc(F)cc43)C(=O)OC[C@H]2c2c3c(c(C)c(OC(C)=O)c21)OCO3. The summed E-state index contributed by atoms with van der Waals surface area (Å²) >= 11 is 1.57. The second kappa shape index (κ2) is 11.7. The van der Waals surface area contributed by atoms with Gasteiger partial charge in [0.2, 0.25) is 6.79 Å². The molecule has 7 aliphatic rings. The topological polar surface area (TPSA) is 144 Å². The van der Waals surface area contributed by atoms with Crippen molar-refractivity contribution in [3.63, 3.8) is 0 Å². The van der Waals surface area contributed by atoms with E-state index in [-0.39, 0.29) is 48.8 Å². The number of aromatic nitrogens is 1. The number of fused-ring (bicyclic) bond motifs is 11. The zero-order valence-electron chi connectivity index (χ0n) is 29.7. The fourth-order valence-corrected chi connectivity index (χ4v) is 11.7. The number of phenols is 1. The lowest BCUT2D eigenvalue weighted by atomic mass is 9.74. The quantitative estimate of drug-likeness (QED) is 0.168. The maximum Gasteiger partial charge on any atom is 0.333 e. The summed E-state index contributed by atoms with van der Waals surface area (Å²) in [5.74, 6) is 0.995. The summed E-state index contributed by atoms with van der Waals surface area (Å²) in [7, 11) is 1.56. The van der Waals surface area contributed by atoms with Gasteiger partial charge in [0.1, 0.15) is 18.2 Å². The number of nitrogens with one attached hydrogen (secondary N) is 3. The predicted octanol–water partition coefficient (Wildman–Crippen LogP) is 4.66. The molecule has 1 unspecified atom stereocenters. The van der Waals surface area contributed by atoms with E-state index in [1.807, 2.05) is 13.8 Å². The van der Waals surface area contributed by atoms with Crippen molar-refractivity contribution >= 4 is 34.6 Å². The molecule has 6 atom stereocenters. The molecule has 7 aliphatic heterocycles. The van der Waals surface area contributed by atoms with Gasteiger partial charge < -0.3 is 39.1 Å². The normalized spacial score (nSPS) is 28.2. The molecule has 53 heavy (non-hydrogen) atoms. The maximum atomic E-state index is 14.7. The number of aryl methyl sites for hydroxylation is 1. The Morgan fingerprint density at radius 3 is 2.75 bits per heavy atom. The first-order valence-corrected chi connectivity index (χ1v) is 19.0. The molecule has 0 saturated carbocycles. The lowest BCUT2D eigenvalue weighted by Crippen LogP contribution is -2.65. The summed E-state index contributed by atoms with van der Waals surface area (Å²) in [6.07, 6.45) is 1.29. The van der Waals surface area contributed by atoms with Crippen LogP contribution >= 0.6 is 11.8 Å². The van der Waals surface area contributed by atoms with Gasteiger partial charge in [-0.1, -0.05) is 6.07 Å². The molecule has 1 spiro atoms. The number of halogens is 1. The lowest BCUT2D eigenvalue weighted by Gasteiger charge is -2.57. The number of H-pyrrole nitrogens is 1. The molecule has 2 saturated heterocycles. The average molecular weight is 743 g/mol. The molecular weight excluding hydrogens is 704 g/mol. The van der Waals surface area contributed by atoms with E-state index >= 15 is 0 Å². The average Bonchev–Trinajstić information content (AvgIpc) is 3.77. The number of phenolic OH excluding ortho intramolecular Hbond substituents is 1. The number of carbonyl (C=O) groups excluding carboxylic acids is 2. The number of methoxy groups -OCH3 is 1. The third-order valence-electron chi connectivity index (χ3n) is 12.1. The zero-order valence-corrected chi connectivity index (χ0v) is 30.5. The van der Waals surface area contributed by atoms with E-state index < -0.39 is 28.8 Å². The molecule has 11 rings (SSSR count). The molecule has 12 nitrogen and oxygen atoms in total. The number of rotatable bonds is 2. The largest absolute Gasteiger partial charge is 0.504 e. The van der Waals surface area contributed by atoms with E-state index in [4.69, 9.17) is 23.7 Å². The molecule has 0 amide bonds. The monoisotopic (exact) mass is 742 g/mol. The van der Waals surface area contributed by atoms with Gasteiger partial charge >= 0.3 is 11.9 Å². The lowest BCUT2D eigenvalue weighted by molar-refractivity contribution is -0.155. The molecule has 8 heterocycles. The zero-order chi connectivity index (χ0) is 36.5. The van der Waals surface area contributed by atoms with Gasteiger partial charge in [-0.3, -0.25) is 15.0 Å². The van der Waals surface area contributed by atoms with Gasteiger partial charge in [0.15, 0.2) is 28.5 Å². The van der Waals surface area contributed by atoms with Crippen LogP contribution in [0.3, 0.4) is 0 Å². The molecule has 276 valence electrons. The van der Waals surface area contributed by atoms with Crippen LogP contribution < -0.4 is 29.6 Å². The summed E-state index contributed by atoms with van der Waals surface area (Å²) in [6.45, 7) is 6.27. The third kappa shape index (κ3) is 4.58. The number of carbonyl (C=O) groups is 2. The van der Waals surface area contributed by atoms with Crippen molar-refractivity contribution in [2.24, 2.45) is 0 Å². The van der Waals surface area contributed by atoms with Crippen LogP contribution in [0.4, 0.5) is 4.39 Å². The minimum atomic E-state index is -1.29. The number of aromatic hydroxyl groups is 1. The van der Waals surface area contributed by atoms with E-state index in [1.54, 1.807) is 24.9 Å². The van der Waals surface area contributed by atoms with Crippen LogP contribution in [0.1, 0.15) is 68.9 Å². The van der Waals surface area contributed by atoms with Crippen molar-refractivity contribution in [3.8, 4) is 28.7 Å². The Hall–Kier alpha value is -4.50. The Labute approximate surface area is 308 Å². The van der Waals surface area contributed by atoms with Crippen molar-refractivity contribution < 1.29 is 42.8 Å². The number of esters is 2. The number of thioether (sulfide) groups is 1. The highest BCUT2D eigenvalue weighted by Crippen LogP contribution is 2.62. The number of piperazine rings is 1. The van der Waals surface area contributed by atoms with Crippen molar-refractivity contribution in [1.29, 1.82) is 0 Å². The summed E-state index contributed by atoms with van der Waals surface area (Å²) < 4.78 is 45.1. The second-order valence-corrected chi connectivity index (χ2v) is 16.0. The van der Waals surface area contributed by atoms with Crippen LogP contribution in [-0.2, 0) is 32.7 Å². The number of nitrogens with zero attached hydrogens (tertiary/aromatic N) is 1. The summed E-state index contributed by atoms with van der Waals surface area (Å²) in [5, 5.41) is 19.6. The van der Waals surface area contributed by atoms with Gasteiger partial charge in [-0.15, -0.1) is 11.8 Å². The van der Waals surface area contributed by atoms with Crippen molar-refractivity contribution in [2.45, 2.75) is 68.6 Å². The molecule has 2 fully saturated rings. The van der Waals surface area contributed by atoms with E-state index in [9.17, 15) is 19.1 Å². The number of ether oxygens (including phenoxy) is 5. The Balaban J connectivity index is 1.21. The minimum Gasteiger partial charge on any atom is -0.504 e. The van der Waals surface area contributed by atoms with E-state index in [0.717, 1.165) is 44.3 Å². The number of hydrogen-bond donors (Lipinski definition) is 4. The van der Waals surface area contributed by atoms with Gasteiger partial charge in [0.25, 0.3) is 0 Å². The number of benzene rings is 3. The first kappa shape index (κ1) is 33.1.